The maximum Gasteiger partial charge on any atom is 0.243 e. The van der Waals surface area contributed by atoms with Crippen LogP contribution in [0.3, 0.4) is 0 Å². The van der Waals surface area contributed by atoms with Crippen LogP contribution in [0.5, 0.6) is 0 Å². The molecule has 0 bridgehead atoms. The van der Waals surface area contributed by atoms with Crippen molar-refractivity contribution in [1.82, 2.24) is 9.21 Å². The Hall–Kier alpha value is -1.93. The van der Waals surface area contributed by atoms with Gasteiger partial charge in [0.15, 0.2) is 0 Å². The molecule has 2 aliphatic heterocycles. The highest BCUT2D eigenvalue weighted by Crippen LogP contribution is 2.26. The summed E-state index contributed by atoms with van der Waals surface area (Å²) in [7, 11) is -3.51. The molecule has 0 aromatic heterocycles. The van der Waals surface area contributed by atoms with E-state index in [0.717, 1.165) is 12.8 Å². The lowest BCUT2D eigenvalue weighted by molar-refractivity contribution is -0.139. The molecule has 1 aromatic carbocycles. The molecule has 142 valence electrons. The van der Waals surface area contributed by atoms with Gasteiger partial charge in [-0.15, -0.1) is 0 Å². The molecule has 1 unspecified atom stereocenters. The molecule has 8 heteroatoms. The van der Waals surface area contributed by atoms with E-state index in [0.29, 0.717) is 39.0 Å². The average molecular weight is 379 g/mol. The number of primary amides is 1. The van der Waals surface area contributed by atoms with Gasteiger partial charge < -0.3 is 10.6 Å². The van der Waals surface area contributed by atoms with Gasteiger partial charge in [0.05, 0.1) is 10.8 Å². The van der Waals surface area contributed by atoms with Crippen molar-refractivity contribution in [2.45, 2.75) is 30.6 Å². The first kappa shape index (κ1) is 18.8. The highest BCUT2D eigenvalue weighted by molar-refractivity contribution is 7.89. The molecule has 2 saturated heterocycles. The van der Waals surface area contributed by atoms with Crippen molar-refractivity contribution in [2.75, 3.05) is 26.2 Å². The van der Waals surface area contributed by atoms with Crippen LogP contribution in [-0.2, 0) is 19.6 Å². The van der Waals surface area contributed by atoms with E-state index in [1.165, 1.54) is 4.31 Å². The molecule has 2 N–H and O–H groups in total. The highest BCUT2D eigenvalue weighted by Gasteiger charge is 2.35. The minimum Gasteiger partial charge on any atom is -0.369 e. The first-order valence-electron chi connectivity index (χ1n) is 9.03. The summed E-state index contributed by atoms with van der Waals surface area (Å²) in [4.78, 5) is 26.2. The predicted octanol–water partition coefficient (Wildman–Crippen LogP) is 0.811. The van der Waals surface area contributed by atoms with Crippen LogP contribution in [0.1, 0.15) is 25.7 Å². The normalized spacial score (nSPS) is 22.9. The van der Waals surface area contributed by atoms with E-state index in [2.05, 4.69) is 0 Å². The number of likely N-dealkylation sites (tertiary alicyclic amines) is 1. The molecule has 2 heterocycles. The van der Waals surface area contributed by atoms with Crippen LogP contribution in [0.2, 0.25) is 0 Å². The van der Waals surface area contributed by atoms with Gasteiger partial charge in [-0.2, -0.15) is 4.31 Å². The third-order valence-electron chi connectivity index (χ3n) is 5.32. The first-order chi connectivity index (χ1) is 12.4. The zero-order chi connectivity index (χ0) is 18.7. The molecule has 2 aliphatic rings. The number of carbonyl (C=O) groups is 2. The quantitative estimate of drug-likeness (QED) is 0.836. The Labute approximate surface area is 154 Å². The van der Waals surface area contributed by atoms with Crippen LogP contribution in [-0.4, -0.2) is 55.6 Å². The number of amides is 2. The molecule has 2 fully saturated rings. The van der Waals surface area contributed by atoms with Gasteiger partial charge in [0.1, 0.15) is 0 Å². The summed E-state index contributed by atoms with van der Waals surface area (Å²) in [5.41, 5.74) is 5.38. The monoisotopic (exact) mass is 379 g/mol. The summed E-state index contributed by atoms with van der Waals surface area (Å²) < 4.78 is 26.8. The van der Waals surface area contributed by atoms with Gasteiger partial charge in [-0.05, 0) is 37.8 Å². The zero-order valence-corrected chi connectivity index (χ0v) is 15.5. The number of hydrogen-bond donors (Lipinski definition) is 1. The average Bonchev–Trinajstić information content (AvgIpc) is 2.68. The molecule has 0 saturated carbocycles. The maximum atomic E-state index is 12.8. The lowest BCUT2D eigenvalue weighted by Gasteiger charge is -2.36. The third-order valence-corrected chi connectivity index (χ3v) is 7.23. The van der Waals surface area contributed by atoms with Crippen LogP contribution in [0.25, 0.3) is 0 Å². The Bertz CT molecular complexity index is 758. The van der Waals surface area contributed by atoms with E-state index in [9.17, 15) is 18.0 Å². The predicted molar refractivity (Wildman–Crippen MR) is 96.4 cm³/mol. The van der Waals surface area contributed by atoms with Gasteiger partial charge in [-0.25, -0.2) is 8.42 Å². The molecule has 1 atom stereocenters. The summed E-state index contributed by atoms with van der Waals surface area (Å²) in [5, 5.41) is 0. The standard InChI is InChI=1S/C18H25N3O4S/c19-17(22)15-5-4-10-20(13-15)18(23)14-8-11-21(12-9-14)26(24,25)16-6-2-1-3-7-16/h1-3,6-7,14-15H,4-5,8-13H2,(H2,19,22). The number of benzene rings is 1. The van der Waals surface area contributed by atoms with Crippen LogP contribution >= 0.6 is 0 Å². The van der Waals surface area contributed by atoms with E-state index in [1.54, 1.807) is 35.2 Å². The molecule has 0 aliphatic carbocycles. The minimum absolute atomic E-state index is 0.0210. The lowest BCUT2D eigenvalue weighted by atomic mass is 9.92. The SMILES string of the molecule is NC(=O)C1CCCN(C(=O)C2CCN(S(=O)(=O)c3ccccc3)CC2)C1. The van der Waals surface area contributed by atoms with Gasteiger partial charge in [-0.1, -0.05) is 18.2 Å². The number of carbonyl (C=O) groups excluding carboxylic acids is 2. The van der Waals surface area contributed by atoms with Gasteiger partial charge in [0.2, 0.25) is 21.8 Å². The molecular weight excluding hydrogens is 354 g/mol. The Balaban J connectivity index is 1.60. The van der Waals surface area contributed by atoms with Crippen LogP contribution in [0, 0.1) is 11.8 Å². The molecular formula is C18H25N3O4S. The fraction of sp³-hybridized carbons (Fsp3) is 0.556. The topological polar surface area (TPSA) is 101 Å². The smallest absolute Gasteiger partial charge is 0.243 e. The largest absolute Gasteiger partial charge is 0.369 e. The number of nitrogens with zero attached hydrogens (tertiary/aromatic N) is 2. The molecule has 0 spiro atoms. The number of sulfonamides is 1. The third kappa shape index (κ3) is 3.91. The zero-order valence-electron chi connectivity index (χ0n) is 14.7. The van der Waals surface area contributed by atoms with Gasteiger partial charge in [0, 0.05) is 32.1 Å². The van der Waals surface area contributed by atoms with Crippen LogP contribution in [0.4, 0.5) is 0 Å². The van der Waals surface area contributed by atoms with E-state index >= 15 is 0 Å². The molecule has 2 amide bonds. The van der Waals surface area contributed by atoms with Crippen molar-refractivity contribution in [3.8, 4) is 0 Å². The maximum absolute atomic E-state index is 12.8. The van der Waals surface area contributed by atoms with Gasteiger partial charge in [0.25, 0.3) is 0 Å². The molecule has 26 heavy (non-hydrogen) atoms. The number of piperidine rings is 2. The second-order valence-corrected chi connectivity index (χ2v) is 8.96. The van der Waals surface area contributed by atoms with Crippen LogP contribution in [0.15, 0.2) is 35.2 Å². The fourth-order valence-electron chi connectivity index (χ4n) is 3.75. The summed E-state index contributed by atoms with van der Waals surface area (Å²) in [6.45, 7) is 1.70. The van der Waals surface area contributed by atoms with Gasteiger partial charge >= 0.3 is 0 Å². The van der Waals surface area contributed by atoms with E-state index in [4.69, 9.17) is 5.73 Å². The van der Waals surface area contributed by atoms with Crippen molar-refractivity contribution >= 4 is 21.8 Å². The van der Waals surface area contributed by atoms with Gasteiger partial charge in [-0.3, -0.25) is 9.59 Å². The Morgan fingerprint density at radius 2 is 1.62 bits per heavy atom. The summed E-state index contributed by atoms with van der Waals surface area (Å²) >= 11 is 0. The van der Waals surface area contributed by atoms with E-state index < -0.39 is 10.0 Å². The number of nitrogens with two attached hydrogens (primary N) is 1. The highest BCUT2D eigenvalue weighted by atomic mass is 32.2. The van der Waals surface area contributed by atoms with Crippen LogP contribution < -0.4 is 5.73 Å². The van der Waals surface area contributed by atoms with Crippen molar-refractivity contribution in [1.29, 1.82) is 0 Å². The Kier molecular flexibility index (Phi) is 5.62. The Morgan fingerprint density at radius 3 is 2.23 bits per heavy atom. The molecule has 3 rings (SSSR count). The molecule has 0 radical (unpaired) electrons. The number of rotatable bonds is 4. The summed E-state index contributed by atoms with van der Waals surface area (Å²) in [5.74, 6) is -0.797. The van der Waals surface area contributed by atoms with Crippen molar-refractivity contribution < 1.29 is 18.0 Å². The second kappa shape index (κ2) is 7.75. The van der Waals surface area contributed by atoms with Crippen molar-refractivity contribution in [3.63, 3.8) is 0 Å². The second-order valence-electron chi connectivity index (χ2n) is 7.02. The minimum atomic E-state index is -3.51. The molecule has 1 aromatic rings. The van der Waals surface area contributed by atoms with Crippen molar-refractivity contribution in [2.24, 2.45) is 17.6 Å². The lowest BCUT2D eigenvalue weighted by Crippen LogP contribution is -2.48. The summed E-state index contributed by atoms with van der Waals surface area (Å²) in [6, 6.07) is 8.36. The first-order valence-corrected chi connectivity index (χ1v) is 10.5. The molecule has 7 nitrogen and oxygen atoms in total. The van der Waals surface area contributed by atoms with E-state index in [1.807, 2.05) is 0 Å². The van der Waals surface area contributed by atoms with Crippen molar-refractivity contribution in [3.05, 3.63) is 30.3 Å². The fourth-order valence-corrected chi connectivity index (χ4v) is 5.24. The number of hydrogen-bond acceptors (Lipinski definition) is 4. The Morgan fingerprint density at radius 1 is 0.962 bits per heavy atom. The summed E-state index contributed by atoms with van der Waals surface area (Å²) in [6.07, 6.45) is 2.51. The van der Waals surface area contributed by atoms with E-state index in [-0.39, 0.29) is 28.5 Å².